The number of aromatic nitrogens is 6. The van der Waals surface area contributed by atoms with Gasteiger partial charge in [0.15, 0.2) is 0 Å². The van der Waals surface area contributed by atoms with E-state index in [1.807, 2.05) is 12.4 Å². The maximum Gasteiger partial charge on any atom is 0.227 e. The Morgan fingerprint density at radius 2 is 0.590 bits per heavy atom. The summed E-state index contributed by atoms with van der Waals surface area (Å²) in [6, 6.07) is 86.7. The lowest BCUT2D eigenvalue weighted by molar-refractivity contribution is 0.654. The third kappa shape index (κ3) is 6.26. The molecular weight excluding hydrogens is 973 g/mol. The van der Waals surface area contributed by atoms with Crippen LogP contribution in [0.3, 0.4) is 0 Å². The van der Waals surface area contributed by atoms with Gasteiger partial charge in [-0.3, -0.25) is 0 Å². The maximum absolute atomic E-state index is 6.22. The second-order valence-electron chi connectivity index (χ2n) is 20.1. The van der Waals surface area contributed by atoms with Gasteiger partial charge in [0.1, 0.15) is 10.4 Å². The number of rotatable bonds is 4. The molecule has 8 aromatic heterocycles. The van der Waals surface area contributed by atoms with E-state index in [-0.39, 0.29) is 0 Å². The summed E-state index contributed by atoms with van der Waals surface area (Å²) in [5, 5.41) is 14.5. The van der Waals surface area contributed by atoms with Gasteiger partial charge in [0.25, 0.3) is 0 Å². The molecule has 0 saturated heterocycles. The van der Waals surface area contributed by atoms with Crippen molar-refractivity contribution < 1.29 is 4.42 Å². The van der Waals surface area contributed by atoms with Crippen LogP contribution in [0.4, 0.5) is 0 Å². The number of nitrogens with zero attached hydrogens (tertiary/aromatic N) is 6. The molecule has 8 heterocycles. The summed E-state index contributed by atoms with van der Waals surface area (Å²) in [6.45, 7) is 0. The van der Waals surface area contributed by atoms with Crippen LogP contribution in [0.1, 0.15) is 0 Å². The highest BCUT2D eigenvalue weighted by Gasteiger charge is 2.20. The van der Waals surface area contributed by atoms with Crippen molar-refractivity contribution in [3.8, 4) is 22.7 Å². The first-order valence-electron chi connectivity index (χ1n) is 26.3. The summed E-state index contributed by atoms with van der Waals surface area (Å²) in [5.74, 6) is 0. The molecule has 78 heavy (non-hydrogen) atoms. The molecule has 0 radical (unpaired) electrons. The maximum atomic E-state index is 6.22. The van der Waals surface area contributed by atoms with Crippen molar-refractivity contribution in [1.82, 2.24) is 28.2 Å². The molecule has 0 saturated carbocycles. The SMILES string of the molecule is c1ccc2c(c1)c1ccccc1n2-c1ccc2oc3ncc(-n4c5ccccc5c5ccccc54)cc3c2c1.c1ccc2c(c1)c1ccccc1n2-c1ccc2sc3ncc(-n4c5ccccc5c5ccccc54)cc3c2c1. The van der Waals surface area contributed by atoms with Gasteiger partial charge in [-0.2, -0.15) is 0 Å². The Morgan fingerprint density at radius 1 is 0.269 bits per heavy atom. The number of hydrogen-bond acceptors (Lipinski definition) is 4. The molecule has 0 spiro atoms. The molecular formula is C70H42N6OS. The van der Waals surface area contributed by atoms with E-state index in [4.69, 9.17) is 14.4 Å². The Hall–Kier alpha value is -10.3. The number of pyridine rings is 2. The lowest BCUT2D eigenvalue weighted by Crippen LogP contribution is -1.95. The second-order valence-corrected chi connectivity index (χ2v) is 21.2. The smallest absolute Gasteiger partial charge is 0.227 e. The van der Waals surface area contributed by atoms with Crippen molar-refractivity contribution in [2.24, 2.45) is 0 Å². The zero-order valence-corrected chi connectivity index (χ0v) is 42.6. The minimum atomic E-state index is 0.647. The molecule has 7 nitrogen and oxygen atoms in total. The molecule has 10 aromatic carbocycles. The Bertz CT molecular complexity index is 4600. The molecule has 0 aliphatic heterocycles. The first-order chi connectivity index (χ1) is 38.7. The molecule has 0 amide bonds. The molecule has 0 aliphatic carbocycles. The molecule has 8 heteroatoms. The molecule has 0 fully saturated rings. The highest BCUT2D eigenvalue weighted by atomic mass is 32.1. The summed E-state index contributed by atoms with van der Waals surface area (Å²) in [4.78, 5) is 10.8. The van der Waals surface area contributed by atoms with Crippen molar-refractivity contribution in [1.29, 1.82) is 0 Å². The van der Waals surface area contributed by atoms with Crippen molar-refractivity contribution in [2.45, 2.75) is 0 Å². The Balaban J connectivity index is 0.000000126. The van der Waals surface area contributed by atoms with Crippen LogP contribution in [-0.4, -0.2) is 28.2 Å². The fraction of sp³-hybridized carbons (Fsp3) is 0. The third-order valence-corrected chi connectivity index (χ3v) is 17.0. The lowest BCUT2D eigenvalue weighted by Gasteiger charge is -2.09. The largest absolute Gasteiger partial charge is 0.438 e. The fourth-order valence-corrected chi connectivity index (χ4v) is 13.6. The van der Waals surface area contributed by atoms with Crippen LogP contribution in [0.2, 0.25) is 0 Å². The van der Waals surface area contributed by atoms with Gasteiger partial charge < -0.3 is 22.7 Å². The van der Waals surface area contributed by atoms with Crippen LogP contribution in [0, 0.1) is 0 Å². The average Bonchev–Trinajstić information content (AvgIpc) is 4.55. The third-order valence-electron chi connectivity index (χ3n) is 15.9. The van der Waals surface area contributed by atoms with Gasteiger partial charge in [0.05, 0.1) is 73.3 Å². The van der Waals surface area contributed by atoms with Gasteiger partial charge in [-0.05, 0) is 97.1 Å². The van der Waals surface area contributed by atoms with E-state index in [1.165, 1.54) is 108 Å². The van der Waals surface area contributed by atoms with E-state index in [9.17, 15) is 0 Å². The van der Waals surface area contributed by atoms with Gasteiger partial charge >= 0.3 is 0 Å². The van der Waals surface area contributed by atoms with E-state index in [2.05, 4.69) is 261 Å². The zero-order chi connectivity index (χ0) is 51.0. The van der Waals surface area contributed by atoms with E-state index >= 15 is 0 Å². The Morgan fingerprint density at radius 3 is 1.00 bits per heavy atom. The molecule has 0 aliphatic rings. The Kier molecular flexibility index (Phi) is 9.16. The van der Waals surface area contributed by atoms with Crippen LogP contribution in [0.15, 0.2) is 259 Å². The molecule has 18 rings (SSSR count). The predicted molar refractivity (Wildman–Crippen MR) is 326 cm³/mol. The topological polar surface area (TPSA) is 58.6 Å². The van der Waals surface area contributed by atoms with Crippen molar-refractivity contribution in [2.75, 3.05) is 0 Å². The van der Waals surface area contributed by atoms with Crippen molar-refractivity contribution in [3.05, 3.63) is 255 Å². The van der Waals surface area contributed by atoms with E-state index in [1.54, 1.807) is 11.3 Å². The van der Waals surface area contributed by atoms with Gasteiger partial charge in [0, 0.05) is 75.3 Å². The van der Waals surface area contributed by atoms with Crippen molar-refractivity contribution >= 4 is 141 Å². The van der Waals surface area contributed by atoms with Crippen molar-refractivity contribution in [3.63, 3.8) is 0 Å². The summed E-state index contributed by atoms with van der Waals surface area (Å²) in [7, 11) is 0. The fourth-order valence-electron chi connectivity index (χ4n) is 12.6. The number of thiophene rings is 1. The van der Waals surface area contributed by atoms with Crippen LogP contribution >= 0.6 is 11.3 Å². The normalized spacial score (nSPS) is 12.1. The standard InChI is InChI=1S/C35H21N3O.C35H21N3S/c2*1-5-13-30-24(9-1)25-10-2-6-14-31(25)37(30)22-17-18-34-28(19-22)29-20-23(21-36-35(29)39-34)38-32-15-7-3-11-26(32)27-12-4-8-16-33(27)38/h2*1-21H. The molecule has 0 unspecified atom stereocenters. The highest BCUT2D eigenvalue weighted by Crippen LogP contribution is 2.41. The Labute approximate surface area is 448 Å². The highest BCUT2D eigenvalue weighted by molar-refractivity contribution is 7.25. The van der Waals surface area contributed by atoms with Gasteiger partial charge in [-0.1, -0.05) is 146 Å². The summed E-state index contributed by atoms with van der Waals surface area (Å²) < 4.78 is 16.8. The van der Waals surface area contributed by atoms with Gasteiger partial charge in [-0.15, -0.1) is 11.3 Å². The van der Waals surface area contributed by atoms with Crippen LogP contribution in [0.5, 0.6) is 0 Å². The molecule has 18 aromatic rings. The quantitative estimate of drug-likeness (QED) is 0.176. The van der Waals surface area contributed by atoms with Crippen LogP contribution < -0.4 is 0 Å². The van der Waals surface area contributed by atoms with Gasteiger partial charge in [0.2, 0.25) is 5.71 Å². The molecule has 364 valence electrons. The first-order valence-corrected chi connectivity index (χ1v) is 27.1. The number of fused-ring (bicyclic) bond motifs is 18. The predicted octanol–water partition coefficient (Wildman–Crippen LogP) is 18.8. The lowest BCUT2D eigenvalue weighted by atomic mass is 10.1. The zero-order valence-electron chi connectivity index (χ0n) is 41.7. The minimum Gasteiger partial charge on any atom is -0.438 e. The number of hydrogen-bond donors (Lipinski definition) is 0. The minimum absolute atomic E-state index is 0.647. The number of para-hydroxylation sites is 8. The van der Waals surface area contributed by atoms with Crippen LogP contribution in [0.25, 0.3) is 152 Å². The average molecular weight is 1020 g/mol. The first kappa shape index (κ1) is 43.0. The summed E-state index contributed by atoms with van der Waals surface area (Å²) >= 11 is 1.76. The number of furan rings is 1. The van der Waals surface area contributed by atoms with E-state index in [0.29, 0.717) is 5.71 Å². The monoisotopic (exact) mass is 1010 g/mol. The van der Waals surface area contributed by atoms with Gasteiger partial charge in [-0.25, -0.2) is 9.97 Å². The number of benzene rings is 10. The van der Waals surface area contributed by atoms with E-state index in [0.717, 1.165) is 38.2 Å². The molecule has 0 N–H and O–H groups in total. The summed E-state index contributed by atoms with van der Waals surface area (Å²) in [5.41, 5.74) is 15.4. The molecule has 0 bridgehead atoms. The molecule has 0 atom stereocenters. The van der Waals surface area contributed by atoms with Crippen LogP contribution in [-0.2, 0) is 0 Å². The van der Waals surface area contributed by atoms with E-state index < -0.39 is 0 Å². The summed E-state index contributed by atoms with van der Waals surface area (Å²) in [6.07, 6.45) is 3.93. The second kappa shape index (κ2) is 16.6.